The van der Waals surface area contributed by atoms with Crippen molar-refractivity contribution in [2.45, 2.75) is 97.1 Å². The molecule has 1 fully saturated rings. The van der Waals surface area contributed by atoms with Gasteiger partial charge in [-0.05, 0) is 61.3 Å². The van der Waals surface area contributed by atoms with Gasteiger partial charge in [-0.15, -0.1) is 0 Å². The Morgan fingerprint density at radius 3 is 2.09 bits per heavy atom. The molecule has 0 radical (unpaired) electrons. The minimum Gasteiger partial charge on any atom is -0.444 e. The molecule has 0 spiro atoms. The van der Waals surface area contributed by atoms with Crippen LogP contribution in [0.25, 0.3) is 0 Å². The average Bonchev–Trinajstić information content (AvgIpc) is 2.81. The fraction of sp³-hybridized carbons (Fsp3) is 0.810. The van der Waals surface area contributed by atoms with Crippen molar-refractivity contribution in [3.05, 3.63) is 11.2 Å². The highest BCUT2D eigenvalue weighted by Gasteiger charge is 2.54. The smallest absolute Gasteiger partial charge is 0.444 e. The number of nitrogens with two attached hydrogens (primary N) is 1. The monoisotopic (exact) mass is 463 g/mol. The third kappa shape index (κ3) is 9.01. The van der Waals surface area contributed by atoms with E-state index in [0.29, 0.717) is 19.5 Å². The van der Waals surface area contributed by atoms with E-state index in [4.69, 9.17) is 19.8 Å². The Bertz CT molecular complexity index is 685. The highest BCUT2D eigenvalue weighted by Crippen LogP contribution is 2.39. The van der Waals surface area contributed by atoms with Gasteiger partial charge in [0.25, 0.3) is 0 Å². The summed E-state index contributed by atoms with van der Waals surface area (Å²) in [7, 11) is -1.25. The summed E-state index contributed by atoms with van der Waals surface area (Å²) < 4.78 is 56.3. The number of nitrogens with one attached hydrogen (secondary N) is 1. The van der Waals surface area contributed by atoms with Crippen molar-refractivity contribution in [1.82, 2.24) is 5.32 Å². The zero-order valence-electron chi connectivity index (χ0n) is 20.2. The Balaban J connectivity index is 2.51. The molecule has 11 heteroatoms. The summed E-state index contributed by atoms with van der Waals surface area (Å²) in [5.74, 6) is 0. The van der Waals surface area contributed by atoms with Crippen LogP contribution in [0.4, 0.5) is 18.0 Å². The zero-order chi connectivity index (χ0) is 24.8. The van der Waals surface area contributed by atoms with Crippen LogP contribution in [0.15, 0.2) is 16.2 Å². The Labute approximate surface area is 189 Å². The van der Waals surface area contributed by atoms with Crippen LogP contribution in [0.5, 0.6) is 0 Å². The Morgan fingerprint density at radius 2 is 1.59 bits per heavy atom. The predicted octanol–water partition coefficient (Wildman–Crippen LogP) is 4.55. The Kier molecular flexibility index (Phi) is 9.65. The molecule has 3 N–H and O–H groups in total. The molecule has 1 amide bonds. The van der Waals surface area contributed by atoms with Crippen LogP contribution < -0.4 is 11.1 Å². The summed E-state index contributed by atoms with van der Waals surface area (Å²) in [6, 6.07) is 0. The molecule has 1 saturated heterocycles. The zero-order valence-corrected chi connectivity index (χ0v) is 20.2. The van der Waals surface area contributed by atoms with Crippen molar-refractivity contribution in [1.29, 1.82) is 0 Å². The van der Waals surface area contributed by atoms with E-state index in [9.17, 15) is 18.0 Å². The van der Waals surface area contributed by atoms with Gasteiger partial charge in [0.05, 0.1) is 11.2 Å². The van der Waals surface area contributed by atoms with E-state index in [1.807, 2.05) is 0 Å². The third-order valence-corrected chi connectivity index (χ3v) is 5.24. The normalized spacial score (nSPS) is 19.2. The summed E-state index contributed by atoms with van der Waals surface area (Å²) in [4.78, 5) is 15.7. The van der Waals surface area contributed by atoms with E-state index in [1.54, 1.807) is 48.5 Å². The Hall–Kier alpha value is -1.75. The maximum absolute atomic E-state index is 13.2. The lowest BCUT2D eigenvalue weighted by Crippen LogP contribution is -2.41. The molecule has 0 aliphatic carbocycles. The molecule has 0 aromatic heterocycles. The molecule has 1 heterocycles. The topological polar surface area (TPSA) is 95.2 Å². The number of hydrogen-bond donors (Lipinski definition) is 2. The van der Waals surface area contributed by atoms with Gasteiger partial charge in [0.2, 0.25) is 0 Å². The van der Waals surface area contributed by atoms with Crippen molar-refractivity contribution in [3.8, 4) is 0 Å². The van der Waals surface area contributed by atoms with Crippen LogP contribution in [-0.2, 0) is 14.0 Å². The van der Waals surface area contributed by atoms with Crippen LogP contribution in [0.3, 0.4) is 0 Å². The predicted molar refractivity (Wildman–Crippen MR) is 119 cm³/mol. The minimum absolute atomic E-state index is 0.322. The number of carbonyl (C=O) groups excluding carboxylic acids is 1. The first-order valence-corrected chi connectivity index (χ1v) is 10.9. The van der Waals surface area contributed by atoms with Gasteiger partial charge in [-0.25, -0.2) is 4.79 Å². The number of unbranched alkanes of at least 4 members (excludes halogenated alkanes) is 3. The van der Waals surface area contributed by atoms with Gasteiger partial charge in [0.1, 0.15) is 11.3 Å². The molecule has 32 heavy (non-hydrogen) atoms. The summed E-state index contributed by atoms with van der Waals surface area (Å²) in [6.07, 6.45) is -0.949. The SMILES string of the molecule is CC(C)(C)OC(=O)NCCCCCCN=CC(B1OC(C)(C)C(C)(C)O1)=C(N)C(F)(F)F. The number of halogens is 3. The first kappa shape index (κ1) is 28.3. The molecule has 0 aromatic rings. The van der Waals surface area contributed by atoms with Gasteiger partial charge in [-0.3, -0.25) is 4.99 Å². The first-order chi connectivity index (χ1) is 14.5. The summed E-state index contributed by atoms with van der Waals surface area (Å²) >= 11 is 0. The Morgan fingerprint density at radius 1 is 1.06 bits per heavy atom. The number of rotatable bonds is 9. The van der Waals surface area contributed by atoms with E-state index in [0.717, 1.165) is 25.5 Å². The van der Waals surface area contributed by atoms with E-state index in [1.165, 1.54) is 0 Å². The molecule has 0 bridgehead atoms. The molecule has 0 atom stereocenters. The molecule has 7 nitrogen and oxygen atoms in total. The quantitative estimate of drug-likeness (QED) is 0.297. The molecule has 184 valence electrons. The molecule has 1 rings (SSSR count). The number of aliphatic imine (C=N–C) groups is 1. The van der Waals surface area contributed by atoms with Crippen LogP contribution in [0.1, 0.15) is 74.1 Å². The minimum atomic E-state index is -4.72. The molecular formula is C21H37BF3N3O4. The number of carbonyl (C=O) groups is 1. The van der Waals surface area contributed by atoms with Crippen LogP contribution in [0, 0.1) is 0 Å². The molecule has 0 aromatic carbocycles. The summed E-state index contributed by atoms with van der Waals surface area (Å²) in [6.45, 7) is 13.2. The van der Waals surface area contributed by atoms with Crippen molar-refractivity contribution in [2.24, 2.45) is 10.7 Å². The van der Waals surface area contributed by atoms with Crippen LogP contribution >= 0.6 is 0 Å². The second-order valence-electron chi connectivity index (χ2n) is 9.83. The highest BCUT2D eigenvalue weighted by molar-refractivity contribution is 6.60. The van der Waals surface area contributed by atoms with E-state index < -0.39 is 41.9 Å². The van der Waals surface area contributed by atoms with Gasteiger partial charge in [-0.1, -0.05) is 12.8 Å². The van der Waals surface area contributed by atoms with Crippen molar-refractivity contribution >= 4 is 19.4 Å². The number of alkyl halides is 3. The maximum atomic E-state index is 13.2. The van der Waals surface area contributed by atoms with Gasteiger partial charge < -0.3 is 25.1 Å². The van der Waals surface area contributed by atoms with Crippen molar-refractivity contribution in [2.75, 3.05) is 13.1 Å². The molecule has 0 unspecified atom stereocenters. The van der Waals surface area contributed by atoms with Gasteiger partial charge in [0.15, 0.2) is 0 Å². The number of nitrogens with zero attached hydrogens (tertiary/aromatic N) is 1. The summed E-state index contributed by atoms with van der Waals surface area (Å²) in [5, 5.41) is 2.68. The number of hydrogen-bond acceptors (Lipinski definition) is 6. The fourth-order valence-corrected chi connectivity index (χ4v) is 2.74. The van der Waals surface area contributed by atoms with Crippen LogP contribution in [-0.4, -0.2) is 55.5 Å². The highest BCUT2D eigenvalue weighted by atomic mass is 19.4. The summed E-state index contributed by atoms with van der Waals surface area (Å²) in [5.41, 5.74) is 1.65. The fourth-order valence-electron chi connectivity index (χ4n) is 2.74. The largest absolute Gasteiger partial charge is 0.498 e. The molecular weight excluding hydrogens is 426 g/mol. The molecule has 1 aliphatic rings. The van der Waals surface area contributed by atoms with Crippen LogP contribution in [0.2, 0.25) is 0 Å². The maximum Gasteiger partial charge on any atom is 0.498 e. The van der Waals surface area contributed by atoms with E-state index >= 15 is 0 Å². The molecule has 0 saturated carbocycles. The first-order valence-electron chi connectivity index (χ1n) is 10.9. The second kappa shape index (κ2) is 10.9. The van der Waals surface area contributed by atoms with Crippen molar-refractivity contribution < 1.29 is 32.0 Å². The van der Waals surface area contributed by atoms with Gasteiger partial charge in [-0.2, -0.15) is 13.2 Å². The number of amides is 1. The lowest BCUT2D eigenvalue weighted by Gasteiger charge is -2.32. The molecule has 1 aliphatic heterocycles. The van der Waals surface area contributed by atoms with E-state index in [2.05, 4.69) is 10.3 Å². The van der Waals surface area contributed by atoms with Gasteiger partial charge in [0, 0.05) is 24.8 Å². The second-order valence-corrected chi connectivity index (χ2v) is 9.83. The lowest BCUT2D eigenvalue weighted by molar-refractivity contribution is -0.0930. The number of alkyl carbamates (subject to hydrolysis) is 1. The lowest BCUT2D eigenvalue weighted by atomic mass is 9.77. The van der Waals surface area contributed by atoms with Crippen molar-refractivity contribution in [3.63, 3.8) is 0 Å². The van der Waals surface area contributed by atoms with Gasteiger partial charge >= 0.3 is 19.4 Å². The average molecular weight is 463 g/mol. The standard InChI is InChI=1S/C21H37BF3N3O4/c1-18(2,3)30-17(29)28-13-11-9-8-10-12-27-14-15(16(26)21(23,24)25)22-31-19(4,5)20(6,7)32-22/h14H,8-13,26H2,1-7H3,(H,28,29). The number of ether oxygens (including phenoxy) is 1. The third-order valence-electron chi connectivity index (χ3n) is 5.24. The number of allylic oxidation sites excluding steroid dienone is 2. The van der Waals surface area contributed by atoms with E-state index in [-0.39, 0.29) is 5.47 Å².